The van der Waals surface area contributed by atoms with Crippen LogP contribution >= 0.6 is 0 Å². The number of hydrogen-bond acceptors (Lipinski definition) is 7. The van der Waals surface area contributed by atoms with Crippen LogP contribution in [-0.2, 0) is 4.74 Å². The fourth-order valence-corrected chi connectivity index (χ4v) is 1.96. The van der Waals surface area contributed by atoms with Crippen LogP contribution in [0.5, 0.6) is 11.5 Å². The van der Waals surface area contributed by atoms with Gasteiger partial charge >= 0.3 is 5.97 Å². The Kier molecular flexibility index (Phi) is 5.31. The summed E-state index contributed by atoms with van der Waals surface area (Å²) in [6.45, 7) is 1.76. The maximum Gasteiger partial charge on any atom is 0.340 e. The van der Waals surface area contributed by atoms with Crippen LogP contribution in [0.3, 0.4) is 0 Å². The van der Waals surface area contributed by atoms with Gasteiger partial charge in [0, 0.05) is 18.3 Å². The van der Waals surface area contributed by atoms with E-state index in [0.717, 1.165) is 0 Å². The first-order chi connectivity index (χ1) is 11.5. The van der Waals surface area contributed by atoms with Gasteiger partial charge in [-0.05, 0) is 6.92 Å². The van der Waals surface area contributed by atoms with Crippen LogP contribution in [-0.4, -0.2) is 43.2 Å². The van der Waals surface area contributed by atoms with Gasteiger partial charge in [0.1, 0.15) is 5.69 Å². The predicted molar refractivity (Wildman–Crippen MR) is 85.6 cm³/mol. The molecule has 2 aromatic rings. The van der Waals surface area contributed by atoms with Crippen LogP contribution in [0.1, 0.15) is 26.5 Å². The second-order valence-electron chi connectivity index (χ2n) is 4.74. The summed E-state index contributed by atoms with van der Waals surface area (Å²) < 4.78 is 15.1. The molecule has 126 valence electrons. The van der Waals surface area contributed by atoms with Crippen molar-refractivity contribution >= 4 is 17.6 Å². The maximum absolute atomic E-state index is 12.3. The third-order valence-electron chi connectivity index (χ3n) is 3.19. The number of carbonyl (C=O) groups excluding carboxylic acids is 2. The standard InChI is InChI=1S/C16H17N3O5/c1-9-7-18-12(8-17-9)15(20)19-11-6-14(23-3)13(22-2)5-10(11)16(21)24-4/h5-8H,1-4H3,(H,19,20). The number of amides is 1. The number of nitrogens with zero attached hydrogens (tertiary/aromatic N) is 2. The van der Waals surface area contributed by atoms with E-state index in [2.05, 4.69) is 15.3 Å². The Balaban J connectivity index is 2.41. The monoisotopic (exact) mass is 331 g/mol. The molecule has 1 N–H and O–H groups in total. The zero-order valence-electron chi connectivity index (χ0n) is 13.7. The molecular weight excluding hydrogens is 314 g/mol. The van der Waals surface area contributed by atoms with E-state index in [1.165, 1.54) is 45.9 Å². The van der Waals surface area contributed by atoms with Crippen molar-refractivity contribution in [1.29, 1.82) is 0 Å². The molecule has 0 unspecified atom stereocenters. The highest BCUT2D eigenvalue weighted by Gasteiger charge is 2.20. The largest absolute Gasteiger partial charge is 0.493 e. The lowest BCUT2D eigenvalue weighted by Gasteiger charge is -2.14. The van der Waals surface area contributed by atoms with Crippen LogP contribution in [0.25, 0.3) is 0 Å². The van der Waals surface area contributed by atoms with E-state index in [9.17, 15) is 9.59 Å². The molecule has 0 atom stereocenters. The summed E-state index contributed by atoms with van der Waals surface area (Å²) in [7, 11) is 4.14. The van der Waals surface area contributed by atoms with Gasteiger partial charge in [0.05, 0.1) is 44.5 Å². The average molecular weight is 331 g/mol. The molecule has 0 aliphatic carbocycles. The molecule has 0 saturated heterocycles. The number of esters is 1. The summed E-state index contributed by atoms with van der Waals surface area (Å²) in [6.07, 6.45) is 2.83. The summed E-state index contributed by atoms with van der Waals surface area (Å²) in [4.78, 5) is 32.3. The molecule has 0 fully saturated rings. The Morgan fingerprint density at radius 3 is 2.21 bits per heavy atom. The first-order valence-corrected chi connectivity index (χ1v) is 6.94. The first-order valence-electron chi connectivity index (χ1n) is 6.94. The normalized spacial score (nSPS) is 10.0. The summed E-state index contributed by atoms with van der Waals surface area (Å²) >= 11 is 0. The van der Waals surface area contributed by atoms with Crippen molar-refractivity contribution in [1.82, 2.24) is 9.97 Å². The number of anilines is 1. The van der Waals surface area contributed by atoms with Crippen molar-refractivity contribution in [2.75, 3.05) is 26.6 Å². The first kappa shape index (κ1) is 17.2. The Hall–Kier alpha value is -3.16. The highest BCUT2D eigenvalue weighted by molar-refractivity contribution is 6.07. The summed E-state index contributed by atoms with van der Waals surface area (Å²) in [5.41, 5.74) is 1.15. The maximum atomic E-state index is 12.3. The van der Waals surface area contributed by atoms with Gasteiger partial charge < -0.3 is 19.5 Å². The fraction of sp³-hybridized carbons (Fsp3) is 0.250. The lowest BCUT2D eigenvalue weighted by Crippen LogP contribution is -2.17. The number of rotatable bonds is 5. The SMILES string of the molecule is COC(=O)c1cc(OC)c(OC)cc1NC(=O)c1cnc(C)cn1. The third-order valence-corrected chi connectivity index (χ3v) is 3.19. The number of aromatic nitrogens is 2. The summed E-state index contributed by atoms with van der Waals surface area (Å²) in [5.74, 6) is -0.442. The van der Waals surface area contributed by atoms with E-state index in [-0.39, 0.29) is 16.9 Å². The van der Waals surface area contributed by atoms with E-state index in [1.807, 2.05) is 0 Å². The molecule has 8 nitrogen and oxygen atoms in total. The summed E-state index contributed by atoms with van der Waals surface area (Å²) in [5, 5.41) is 2.61. The molecule has 0 aliphatic rings. The Labute approximate surface area is 138 Å². The molecule has 1 aromatic heterocycles. The predicted octanol–water partition coefficient (Wildman–Crippen LogP) is 1.84. The zero-order valence-corrected chi connectivity index (χ0v) is 13.7. The zero-order chi connectivity index (χ0) is 17.7. The van der Waals surface area contributed by atoms with Crippen molar-refractivity contribution in [3.8, 4) is 11.5 Å². The minimum absolute atomic E-state index is 0.117. The van der Waals surface area contributed by atoms with E-state index < -0.39 is 11.9 Å². The molecule has 0 spiro atoms. The van der Waals surface area contributed by atoms with E-state index in [4.69, 9.17) is 14.2 Å². The molecular formula is C16H17N3O5. The number of nitrogens with one attached hydrogen (secondary N) is 1. The molecule has 0 radical (unpaired) electrons. The van der Waals surface area contributed by atoms with Crippen LogP contribution in [0.15, 0.2) is 24.5 Å². The van der Waals surface area contributed by atoms with Crippen LogP contribution in [0.4, 0.5) is 5.69 Å². The lowest BCUT2D eigenvalue weighted by molar-refractivity contribution is 0.0601. The van der Waals surface area contributed by atoms with Crippen molar-refractivity contribution in [3.05, 3.63) is 41.5 Å². The van der Waals surface area contributed by atoms with E-state index in [0.29, 0.717) is 17.2 Å². The van der Waals surface area contributed by atoms with Gasteiger partial charge in [-0.3, -0.25) is 9.78 Å². The molecule has 1 amide bonds. The Morgan fingerprint density at radius 2 is 1.67 bits per heavy atom. The Morgan fingerprint density at radius 1 is 1.00 bits per heavy atom. The van der Waals surface area contributed by atoms with Crippen molar-refractivity contribution in [3.63, 3.8) is 0 Å². The topological polar surface area (TPSA) is 99.6 Å². The second kappa shape index (κ2) is 7.40. The number of ether oxygens (including phenoxy) is 3. The molecule has 1 aromatic carbocycles. The van der Waals surface area contributed by atoms with Gasteiger partial charge in [-0.1, -0.05) is 0 Å². The van der Waals surface area contributed by atoms with Crippen LogP contribution < -0.4 is 14.8 Å². The number of carbonyl (C=O) groups is 2. The van der Waals surface area contributed by atoms with Crippen LogP contribution in [0.2, 0.25) is 0 Å². The van der Waals surface area contributed by atoms with Gasteiger partial charge in [0.15, 0.2) is 11.5 Å². The summed E-state index contributed by atoms with van der Waals surface area (Å²) in [6, 6.07) is 2.91. The molecule has 0 aliphatic heterocycles. The minimum atomic E-state index is -0.624. The molecule has 2 rings (SSSR count). The van der Waals surface area contributed by atoms with E-state index in [1.54, 1.807) is 6.92 Å². The number of methoxy groups -OCH3 is 3. The molecule has 8 heteroatoms. The van der Waals surface area contributed by atoms with Gasteiger partial charge in [-0.2, -0.15) is 0 Å². The van der Waals surface area contributed by atoms with Gasteiger partial charge in [-0.15, -0.1) is 0 Å². The average Bonchev–Trinajstić information content (AvgIpc) is 2.61. The number of hydrogen-bond donors (Lipinski definition) is 1. The number of benzene rings is 1. The lowest BCUT2D eigenvalue weighted by atomic mass is 10.1. The molecule has 24 heavy (non-hydrogen) atoms. The van der Waals surface area contributed by atoms with Gasteiger partial charge in [0.2, 0.25) is 0 Å². The molecule has 1 heterocycles. The molecule has 0 bridgehead atoms. The minimum Gasteiger partial charge on any atom is -0.493 e. The highest BCUT2D eigenvalue weighted by atomic mass is 16.5. The highest BCUT2D eigenvalue weighted by Crippen LogP contribution is 2.33. The van der Waals surface area contributed by atoms with Crippen molar-refractivity contribution in [2.24, 2.45) is 0 Å². The smallest absolute Gasteiger partial charge is 0.340 e. The quantitative estimate of drug-likeness (QED) is 0.834. The van der Waals surface area contributed by atoms with Gasteiger partial charge in [0.25, 0.3) is 5.91 Å². The third kappa shape index (κ3) is 3.60. The second-order valence-corrected chi connectivity index (χ2v) is 4.74. The fourth-order valence-electron chi connectivity index (χ4n) is 1.96. The van der Waals surface area contributed by atoms with E-state index >= 15 is 0 Å². The van der Waals surface area contributed by atoms with Crippen LogP contribution in [0, 0.1) is 6.92 Å². The Bertz CT molecular complexity index is 759. The number of aryl methyl sites for hydroxylation is 1. The van der Waals surface area contributed by atoms with Gasteiger partial charge in [-0.25, -0.2) is 9.78 Å². The van der Waals surface area contributed by atoms with Crippen molar-refractivity contribution < 1.29 is 23.8 Å². The van der Waals surface area contributed by atoms with Crippen molar-refractivity contribution in [2.45, 2.75) is 6.92 Å². The molecule has 0 saturated carbocycles.